The zero-order valence-electron chi connectivity index (χ0n) is 54.7. The summed E-state index contributed by atoms with van der Waals surface area (Å²) in [4.78, 5) is 70.9. The highest BCUT2D eigenvalue weighted by molar-refractivity contribution is 9.10. The Labute approximate surface area is 525 Å². The predicted molar refractivity (Wildman–Crippen MR) is 356 cm³/mol. The van der Waals surface area contributed by atoms with Crippen LogP contribution in [-0.4, -0.2) is 96.1 Å². The molecule has 0 fully saturated rings. The fourth-order valence-electron chi connectivity index (χ4n) is 12.5. The van der Waals surface area contributed by atoms with E-state index < -0.39 is 6.10 Å². The molecule has 4 rings (SSSR count). The van der Waals surface area contributed by atoms with Crippen molar-refractivity contribution in [1.82, 2.24) is 14.4 Å². The molecule has 11 nitrogen and oxygen atoms in total. The van der Waals surface area contributed by atoms with Crippen molar-refractivity contribution in [3.05, 3.63) is 64.3 Å². The molecule has 0 spiro atoms. The van der Waals surface area contributed by atoms with Gasteiger partial charge in [-0.3, -0.25) is 33.4 Å². The van der Waals surface area contributed by atoms with Gasteiger partial charge in [0, 0.05) is 56.7 Å². The van der Waals surface area contributed by atoms with E-state index in [9.17, 15) is 24.0 Å². The quantitative estimate of drug-likeness (QED) is 0.0276. The third-order valence-electron chi connectivity index (χ3n) is 17.8. The molecule has 85 heavy (non-hydrogen) atoms. The normalized spacial score (nSPS) is 15.8. The van der Waals surface area contributed by atoms with Gasteiger partial charge in [-0.05, 0) is 142 Å². The minimum atomic E-state index is -0.851. The highest BCUT2D eigenvalue weighted by Crippen LogP contribution is 2.45. The van der Waals surface area contributed by atoms with Crippen molar-refractivity contribution >= 4 is 62.1 Å². The van der Waals surface area contributed by atoms with Crippen molar-refractivity contribution in [2.45, 2.75) is 291 Å². The maximum absolute atomic E-state index is 14.1. The Hall–Kier alpha value is -4.03. The van der Waals surface area contributed by atoms with E-state index in [2.05, 4.69) is 98.1 Å². The van der Waals surface area contributed by atoms with Crippen molar-refractivity contribution in [2.24, 2.45) is 17.8 Å². The molecule has 0 N–H and O–H groups in total. The molecule has 2 aromatic rings. The first-order valence-electron chi connectivity index (χ1n) is 34.7. The summed E-state index contributed by atoms with van der Waals surface area (Å²) in [5.41, 5.74) is 4.40. The summed E-state index contributed by atoms with van der Waals surface area (Å²) in [6.45, 7) is 14.6. The van der Waals surface area contributed by atoms with E-state index in [1.165, 1.54) is 108 Å². The van der Waals surface area contributed by atoms with Crippen LogP contribution >= 0.6 is 15.9 Å². The first kappa shape index (κ1) is 73.4. The Kier molecular flexibility index (Phi) is 38.4. The van der Waals surface area contributed by atoms with Gasteiger partial charge in [-0.1, -0.05) is 211 Å². The number of halogens is 1. The second kappa shape index (κ2) is 44.4. The number of benzene rings is 1. The van der Waals surface area contributed by atoms with Crippen LogP contribution in [0.4, 0.5) is 0 Å². The number of carbonyl (C=O) groups excluding carboxylic acids is 5. The molecule has 4 atom stereocenters. The van der Waals surface area contributed by atoms with E-state index in [1.807, 2.05) is 29.4 Å². The molecule has 1 aromatic heterocycles. The van der Waals surface area contributed by atoms with Crippen molar-refractivity contribution in [3.8, 4) is 0 Å². The fraction of sp³-hybridized carbons (Fsp3) is 0.740. The number of fused-ring (bicyclic) bond motifs is 2. The minimum absolute atomic E-state index is 0.0938. The zero-order chi connectivity index (χ0) is 61.4. The molecule has 2 heterocycles. The minimum Gasteiger partial charge on any atom is -0.462 e. The lowest BCUT2D eigenvalue weighted by Crippen LogP contribution is -2.47. The van der Waals surface area contributed by atoms with Gasteiger partial charge in [-0.25, -0.2) is 0 Å². The summed E-state index contributed by atoms with van der Waals surface area (Å²) in [6.07, 6.45) is 49.5. The van der Waals surface area contributed by atoms with Gasteiger partial charge in [0.25, 0.3) is 0 Å². The molecule has 0 radical (unpaired) electrons. The number of allylic oxidation sites excluding steroid dienone is 4. The van der Waals surface area contributed by atoms with Gasteiger partial charge < -0.3 is 19.1 Å². The lowest BCUT2D eigenvalue weighted by Gasteiger charge is -2.40. The van der Waals surface area contributed by atoms with Crippen LogP contribution in [0.5, 0.6) is 0 Å². The van der Waals surface area contributed by atoms with E-state index in [1.54, 1.807) is 0 Å². The maximum Gasteiger partial charge on any atom is 0.306 e. The number of rotatable bonds is 49. The Morgan fingerprint density at radius 3 is 1.55 bits per heavy atom. The summed E-state index contributed by atoms with van der Waals surface area (Å²) < 4.78 is 19.9. The fourth-order valence-corrected chi connectivity index (χ4v) is 13.3. The van der Waals surface area contributed by atoms with Gasteiger partial charge in [0.15, 0.2) is 6.10 Å². The van der Waals surface area contributed by atoms with Crippen LogP contribution in [0.25, 0.3) is 16.5 Å². The van der Waals surface area contributed by atoms with Crippen LogP contribution in [0.2, 0.25) is 0 Å². The lowest BCUT2D eigenvalue weighted by atomic mass is 9.79. The zero-order valence-corrected chi connectivity index (χ0v) is 56.3. The molecule has 12 heteroatoms. The van der Waals surface area contributed by atoms with Gasteiger partial charge in [0.1, 0.15) is 13.2 Å². The summed E-state index contributed by atoms with van der Waals surface area (Å²) in [5, 5.41) is 1.12. The molecule has 0 saturated carbocycles. The summed E-state index contributed by atoms with van der Waals surface area (Å²) in [5.74, 6) is -0.615. The van der Waals surface area contributed by atoms with Crippen LogP contribution in [0, 0.1) is 17.8 Å². The summed E-state index contributed by atoms with van der Waals surface area (Å²) >= 11 is 3.89. The second-order valence-corrected chi connectivity index (χ2v) is 26.1. The maximum atomic E-state index is 14.1. The van der Waals surface area contributed by atoms with Crippen LogP contribution in [0.3, 0.4) is 0 Å². The number of aromatic nitrogens is 1. The van der Waals surface area contributed by atoms with Crippen molar-refractivity contribution in [1.29, 1.82) is 0 Å². The first-order valence-corrected chi connectivity index (χ1v) is 35.5. The molecule has 2 aliphatic rings. The SMILES string of the molecule is CCCCCCCC/C=C\CCCCCCCC(=O)OCC(COC(=O)CCCCCCC/C=C\CCCCCCCC)OC(=O)CC(C)CCCCCCC(C)CC(=O)n1c(Br)c2c3c(cccc31)C1=C[C@@H](C(=O)N(CC)CC)CN(C)C1C2. The molecule has 1 amide bonds. The molecular weight excluding hydrogens is 1130 g/mol. The van der Waals surface area contributed by atoms with E-state index in [4.69, 9.17) is 14.2 Å². The molecule has 1 aliphatic carbocycles. The van der Waals surface area contributed by atoms with Gasteiger partial charge >= 0.3 is 17.9 Å². The standard InChI is InChI=1S/C73H118BrN3O8/c1-8-12-14-16-18-20-22-24-26-28-30-32-34-36-42-49-68(79)83-56-61(57-84-69(80)50-43-37-35-33-31-29-27-25-23-21-19-17-15-13-9-2)85-70(81)52-59(6)46-41-39-38-40-45-58(5)51-67(78)77-65-48-44-47-62-63-53-60(73(82)76(10-3)11-4)55-75(7)66(63)54-64(71(62)65)72(77)74/h24-27,44,47-48,53,58-61,66H,8-23,28-43,45-46,49-52,54-57H2,1-7H3/b26-24-,27-25-/t58?,59?,60-,66?/m1/s1. The van der Waals surface area contributed by atoms with E-state index in [0.29, 0.717) is 38.9 Å². The van der Waals surface area contributed by atoms with Gasteiger partial charge in [0.05, 0.1) is 16.0 Å². The Morgan fingerprint density at radius 2 is 1.06 bits per heavy atom. The first-order chi connectivity index (χ1) is 41.3. The second-order valence-electron chi connectivity index (χ2n) is 25.4. The topological polar surface area (TPSA) is 124 Å². The molecular formula is C73H118BrN3O8. The van der Waals surface area contributed by atoms with Crippen molar-refractivity contribution < 1.29 is 38.2 Å². The average Bonchev–Trinajstić information content (AvgIpc) is 2.46. The Bertz CT molecular complexity index is 2260. The summed E-state index contributed by atoms with van der Waals surface area (Å²) in [7, 11) is 2.11. The molecule has 0 bridgehead atoms. The van der Waals surface area contributed by atoms with Crippen LogP contribution in [0.15, 0.2) is 53.2 Å². The third-order valence-corrected chi connectivity index (χ3v) is 18.6. The number of amides is 1. The molecule has 1 aliphatic heterocycles. The van der Waals surface area contributed by atoms with Crippen LogP contribution in [0.1, 0.15) is 289 Å². The lowest BCUT2D eigenvalue weighted by molar-refractivity contribution is -0.167. The number of unbranched alkanes of at least 4 members (excludes halogenated alkanes) is 25. The van der Waals surface area contributed by atoms with Crippen molar-refractivity contribution in [2.75, 3.05) is 39.9 Å². The van der Waals surface area contributed by atoms with Gasteiger partial charge in [0.2, 0.25) is 11.8 Å². The molecule has 1 aromatic carbocycles. The molecule has 0 saturated heterocycles. The number of carbonyl (C=O) groups is 5. The smallest absolute Gasteiger partial charge is 0.306 e. The third kappa shape index (κ3) is 28.3. The number of ether oxygens (including phenoxy) is 3. The average molecular weight is 1250 g/mol. The van der Waals surface area contributed by atoms with E-state index in [-0.39, 0.29) is 73.2 Å². The number of nitrogens with zero attached hydrogens (tertiary/aromatic N) is 3. The number of hydrogen-bond acceptors (Lipinski definition) is 9. The highest BCUT2D eigenvalue weighted by Gasteiger charge is 2.39. The molecule has 3 unspecified atom stereocenters. The predicted octanol–water partition coefficient (Wildman–Crippen LogP) is 19.2. The van der Waals surface area contributed by atoms with E-state index in [0.717, 1.165) is 136 Å². The number of esters is 3. The summed E-state index contributed by atoms with van der Waals surface area (Å²) in [6, 6.07) is 6.39. The largest absolute Gasteiger partial charge is 0.462 e. The van der Waals surface area contributed by atoms with Gasteiger partial charge in [-0.15, -0.1) is 0 Å². The molecule has 480 valence electrons. The number of likely N-dealkylation sites (N-methyl/N-ethyl adjacent to an activating group) is 1. The Morgan fingerprint density at radius 1 is 0.600 bits per heavy atom. The highest BCUT2D eigenvalue weighted by atomic mass is 79.9. The van der Waals surface area contributed by atoms with Crippen LogP contribution < -0.4 is 0 Å². The van der Waals surface area contributed by atoms with E-state index >= 15 is 0 Å². The monoisotopic (exact) mass is 1240 g/mol. The Balaban J connectivity index is 1.15. The van der Waals surface area contributed by atoms with Gasteiger partial charge in [-0.2, -0.15) is 0 Å². The van der Waals surface area contributed by atoms with Crippen molar-refractivity contribution in [3.63, 3.8) is 0 Å². The number of hydrogen-bond donors (Lipinski definition) is 0. The van der Waals surface area contributed by atoms with Crippen LogP contribution in [-0.2, 0) is 39.8 Å².